The predicted octanol–water partition coefficient (Wildman–Crippen LogP) is 3.86. The third-order valence-corrected chi connectivity index (χ3v) is 5.17. The second-order valence-electron chi connectivity index (χ2n) is 5.85. The maximum absolute atomic E-state index is 6.60. The highest BCUT2D eigenvalue weighted by Crippen LogP contribution is 2.47. The molecule has 1 unspecified atom stereocenters. The predicted molar refractivity (Wildman–Crippen MR) is 65.7 cm³/mol. The molecule has 1 heteroatoms. The third-order valence-electron chi connectivity index (χ3n) is 5.17. The molecular weight excluding hydrogens is 182 g/mol. The van der Waals surface area contributed by atoms with Crippen LogP contribution in [-0.2, 0) is 0 Å². The number of hydrogen-bond donors (Lipinski definition) is 1. The highest BCUT2D eigenvalue weighted by atomic mass is 14.7. The lowest BCUT2D eigenvalue weighted by Crippen LogP contribution is -2.45. The Morgan fingerprint density at radius 2 is 1.67 bits per heavy atom. The van der Waals surface area contributed by atoms with Crippen molar-refractivity contribution < 1.29 is 0 Å². The van der Waals surface area contributed by atoms with Crippen LogP contribution in [0.3, 0.4) is 0 Å². The van der Waals surface area contributed by atoms with Gasteiger partial charge in [-0.1, -0.05) is 39.0 Å². The normalized spacial score (nSPS) is 29.2. The number of hydrogen-bond acceptors (Lipinski definition) is 1. The molecule has 0 aromatic rings. The molecule has 0 aromatic carbocycles. The molecule has 0 aromatic heterocycles. The van der Waals surface area contributed by atoms with Crippen molar-refractivity contribution >= 4 is 0 Å². The summed E-state index contributed by atoms with van der Waals surface area (Å²) in [6, 6.07) is 0.505. The Bertz CT molecular complexity index is 188. The van der Waals surface area contributed by atoms with Gasteiger partial charge in [-0.25, -0.2) is 0 Å². The van der Waals surface area contributed by atoms with Crippen molar-refractivity contribution in [1.29, 1.82) is 0 Å². The van der Waals surface area contributed by atoms with Crippen molar-refractivity contribution in [3.05, 3.63) is 0 Å². The summed E-state index contributed by atoms with van der Waals surface area (Å²) in [5.41, 5.74) is 7.13. The highest BCUT2D eigenvalue weighted by molar-refractivity contribution is 4.95. The molecule has 1 nitrogen and oxygen atoms in total. The summed E-state index contributed by atoms with van der Waals surface area (Å²) in [6.07, 6.45) is 14.1. The molecule has 0 radical (unpaired) electrons. The average molecular weight is 209 g/mol. The van der Waals surface area contributed by atoms with Crippen LogP contribution < -0.4 is 5.73 Å². The van der Waals surface area contributed by atoms with Crippen LogP contribution >= 0.6 is 0 Å². The van der Waals surface area contributed by atoms with Crippen LogP contribution in [-0.4, -0.2) is 6.04 Å². The number of nitrogens with two attached hydrogens (primary N) is 1. The fourth-order valence-electron chi connectivity index (χ4n) is 3.99. The first-order valence-corrected chi connectivity index (χ1v) is 7.04. The minimum atomic E-state index is 0.505. The largest absolute Gasteiger partial charge is 0.327 e. The zero-order valence-electron chi connectivity index (χ0n) is 10.3. The van der Waals surface area contributed by atoms with E-state index in [1.165, 1.54) is 64.2 Å². The second-order valence-corrected chi connectivity index (χ2v) is 5.85. The molecule has 88 valence electrons. The summed E-state index contributed by atoms with van der Waals surface area (Å²) < 4.78 is 0. The van der Waals surface area contributed by atoms with E-state index in [0.717, 1.165) is 5.92 Å². The molecule has 2 rings (SSSR count). The van der Waals surface area contributed by atoms with Gasteiger partial charge in [0.05, 0.1) is 0 Å². The molecule has 15 heavy (non-hydrogen) atoms. The van der Waals surface area contributed by atoms with Crippen molar-refractivity contribution in [2.45, 2.75) is 77.2 Å². The highest BCUT2D eigenvalue weighted by Gasteiger charge is 2.41. The first kappa shape index (κ1) is 11.4. The Balaban J connectivity index is 2.00. The third kappa shape index (κ3) is 2.22. The van der Waals surface area contributed by atoms with Crippen molar-refractivity contribution in [3.63, 3.8) is 0 Å². The van der Waals surface area contributed by atoms with Gasteiger partial charge in [-0.3, -0.25) is 0 Å². The van der Waals surface area contributed by atoms with Crippen LogP contribution in [0, 0.1) is 11.3 Å². The Morgan fingerprint density at radius 3 is 2.20 bits per heavy atom. The van der Waals surface area contributed by atoms with Crippen LogP contribution in [0.4, 0.5) is 0 Å². The Labute approximate surface area is 94.8 Å². The Morgan fingerprint density at radius 1 is 1.07 bits per heavy atom. The zero-order chi connectivity index (χ0) is 10.7. The molecule has 2 aliphatic carbocycles. The molecule has 2 saturated carbocycles. The lowest BCUT2D eigenvalue weighted by molar-refractivity contribution is 0.140. The molecule has 2 fully saturated rings. The summed E-state index contributed by atoms with van der Waals surface area (Å²) in [4.78, 5) is 0. The fraction of sp³-hybridized carbons (Fsp3) is 1.00. The van der Waals surface area contributed by atoms with Crippen molar-refractivity contribution in [2.75, 3.05) is 0 Å². The van der Waals surface area contributed by atoms with Crippen LogP contribution in [0.15, 0.2) is 0 Å². The summed E-state index contributed by atoms with van der Waals surface area (Å²) in [6.45, 7) is 2.36. The maximum Gasteiger partial charge on any atom is 0.0124 e. The van der Waals surface area contributed by atoms with E-state index in [-0.39, 0.29) is 0 Å². The van der Waals surface area contributed by atoms with Crippen LogP contribution in [0.1, 0.15) is 71.1 Å². The van der Waals surface area contributed by atoms with E-state index in [4.69, 9.17) is 5.73 Å². The van der Waals surface area contributed by atoms with Crippen molar-refractivity contribution in [2.24, 2.45) is 17.1 Å². The molecule has 0 heterocycles. The molecule has 2 N–H and O–H groups in total. The molecule has 0 amide bonds. The fourth-order valence-corrected chi connectivity index (χ4v) is 3.99. The molecule has 0 saturated heterocycles. The zero-order valence-corrected chi connectivity index (χ0v) is 10.3. The van der Waals surface area contributed by atoms with Crippen LogP contribution in [0.2, 0.25) is 0 Å². The summed E-state index contributed by atoms with van der Waals surface area (Å²) in [5.74, 6) is 0.844. The SMILES string of the molecule is CCC1(C(N)C2CCCCC2)CCCC1. The minimum Gasteiger partial charge on any atom is -0.327 e. The van der Waals surface area contributed by atoms with Gasteiger partial charge in [0, 0.05) is 6.04 Å². The summed E-state index contributed by atoms with van der Waals surface area (Å²) in [5, 5.41) is 0. The maximum atomic E-state index is 6.60. The van der Waals surface area contributed by atoms with Crippen molar-refractivity contribution in [3.8, 4) is 0 Å². The standard InChI is InChI=1S/C14H27N/c1-2-14(10-6-7-11-14)13(15)12-8-4-3-5-9-12/h12-13H,2-11,15H2,1H3. The van der Waals surface area contributed by atoms with E-state index in [1.807, 2.05) is 0 Å². The van der Waals surface area contributed by atoms with Gasteiger partial charge in [0.25, 0.3) is 0 Å². The van der Waals surface area contributed by atoms with Gasteiger partial charge >= 0.3 is 0 Å². The molecular formula is C14H27N. The van der Waals surface area contributed by atoms with E-state index in [2.05, 4.69) is 6.92 Å². The lowest BCUT2D eigenvalue weighted by Gasteiger charge is -2.41. The van der Waals surface area contributed by atoms with Gasteiger partial charge < -0.3 is 5.73 Å². The van der Waals surface area contributed by atoms with Crippen LogP contribution in [0.5, 0.6) is 0 Å². The monoisotopic (exact) mass is 209 g/mol. The van der Waals surface area contributed by atoms with Gasteiger partial charge in [0.2, 0.25) is 0 Å². The quantitative estimate of drug-likeness (QED) is 0.750. The molecule has 0 bridgehead atoms. The van der Waals surface area contributed by atoms with Gasteiger partial charge in [-0.05, 0) is 43.4 Å². The average Bonchev–Trinajstić information content (AvgIpc) is 2.79. The molecule has 2 aliphatic rings. The van der Waals surface area contributed by atoms with E-state index in [0.29, 0.717) is 11.5 Å². The van der Waals surface area contributed by atoms with Crippen LogP contribution in [0.25, 0.3) is 0 Å². The Hall–Kier alpha value is -0.0400. The van der Waals surface area contributed by atoms with Crippen molar-refractivity contribution in [1.82, 2.24) is 0 Å². The first-order valence-electron chi connectivity index (χ1n) is 7.04. The number of rotatable bonds is 3. The van der Waals surface area contributed by atoms with E-state index < -0.39 is 0 Å². The topological polar surface area (TPSA) is 26.0 Å². The lowest BCUT2D eigenvalue weighted by atomic mass is 9.68. The van der Waals surface area contributed by atoms with Gasteiger partial charge in [0.1, 0.15) is 0 Å². The molecule has 1 atom stereocenters. The second kappa shape index (κ2) is 4.86. The van der Waals surface area contributed by atoms with E-state index >= 15 is 0 Å². The smallest absolute Gasteiger partial charge is 0.0124 e. The molecule has 0 aliphatic heterocycles. The van der Waals surface area contributed by atoms with E-state index in [1.54, 1.807) is 0 Å². The van der Waals surface area contributed by atoms with Gasteiger partial charge in [-0.15, -0.1) is 0 Å². The summed E-state index contributed by atoms with van der Waals surface area (Å²) >= 11 is 0. The van der Waals surface area contributed by atoms with E-state index in [9.17, 15) is 0 Å². The minimum absolute atomic E-state index is 0.505. The van der Waals surface area contributed by atoms with Gasteiger partial charge in [-0.2, -0.15) is 0 Å². The summed E-state index contributed by atoms with van der Waals surface area (Å²) in [7, 11) is 0. The molecule has 0 spiro atoms. The Kier molecular flexibility index (Phi) is 3.71. The first-order chi connectivity index (χ1) is 7.28. The van der Waals surface area contributed by atoms with Gasteiger partial charge in [0.15, 0.2) is 0 Å².